The highest BCUT2D eigenvalue weighted by Crippen LogP contribution is 2.39. The number of thiophene rings is 1. The summed E-state index contributed by atoms with van der Waals surface area (Å²) in [7, 11) is 2.00. The number of aryl methyl sites for hydroxylation is 1. The van der Waals surface area contributed by atoms with E-state index in [1.54, 1.807) is 11.3 Å². The van der Waals surface area contributed by atoms with Gasteiger partial charge in [-0.15, -0.1) is 11.3 Å². The molecule has 1 aromatic carbocycles. The molecule has 5 heteroatoms. The van der Waals surface area contributed by atoms with Gasteiger partial charge in [0.25, 0.3) is 0 Å². The summed E-state index contributed by atoms with van der Waals surface area (Å²) in [6.45, 7) is 2.15. The van der Waals surface area contributed by atoms with Crippen molar-refractivity contribution in [2.45, 2.75) is 13.0 Å². The number of halogens is 3. The smallest absolute Gasteiger partial charge is 0.0761 e. The lowest BCUT2D eigenvalue weighted by atomic mass is 10.00. The van der Waals surface area contributed by atoms with E-state index >= 15 is 0 Å². The molecule has 0 spiro atoms. The molecule has 0 aliphatic carbocycles. The van der Waals surface area contributed by atoms with Crippen LogP contribution < -0.4 is 5.32 Å². The van der Waals surface area contributed by atoms with Crippen LogP contribution in [0.3, 0.4) is 0 Å². The number of rotatable bonds is 3. The van der Waals surface area contributed by atoms with Crippen LogP contribution in [0.1, 0.15) is 22.7 Å². The van der Waals surface area contributed by atoms with Gasteiger partial charge >= 0.3 is 0 Å². The van der Waals surface area contributed by atoms with Crippen LogP contribution >= 0.6 is 65.8 Å². The van der Waals surface area contributed by atoms with Gasteiger partial charge in [-0.3, -0.25) is 0 Å². The van der Waals surface area contributed by atoms with Crippen LogP contribution in [0, 0.1) is 10.5 Å². The Morgan fingerprint density at radius 3 is 2.56 bits per heavy atom. The van der Waals surface area contributed by atoms with Crippen molar-refractivity contribution in [3.05, 3.63) is 52.1 Å². The third-order valence-corrected chi connectivity index (χ3v) is 6.67. The van der Waals surface area contributed by atoms with Crippen molar-refractivity contribution in [3.8, 4) is 0 Å². The topological polar surface area (TPSA) is 12.0 Å². The molecule has 1 N–H and O–H groups in total. The fourth-order valence-corrected chi connectivity index (χ4v) is 5.49. The molecule has 0 bridgehead atoms. The van der Waals surface area contributed by atoms with Gasteiger partial charge in [0, 0.05) is 3.57 Å². The molecule has 2 aromatic rings. The fourth-order valence-electron chi connectivity index (χ4n) is 1.92. The number of hydrogen-bond donors (Lipinski definition) is 1. The van der Waals surface area contributed by atoms with Gasteiger partial charge in [-0.2, -0.15) is 0 Å². The van der Waals surface area contributed by atoms with Gasteiger partial charge in [-0.25, -0.2) is 0 Å². The summed E-state index contributed by atoms with van der Waals surface area (Å²) in [5.41, 5.74) is 3.92. The monoisotopic (exact) mass is 499 g/mol. The Balaban J connectivity index is 2.52. The van der Waals surface area contributed by atoms with E-state index in [0.717, 1.165) is 3.79 Å². The zero-order valence-corrected chi connectivity index (χ0v) is 16.1. The molecule has 0 amide bonds. The first kappa shape index (κ1) is 15.0. The summed E-state index contributed by atoms with van der Waals surface area (Å²) in [4.78, 5) is 0. The van der Waals surface area contributed by atoms with Gasteiger partial charge in [-0.1, -0.05) is 18.2 Å². The van der Waals surface area contributed by atoms with Gasteiger partial charge in [0.05, 0.1) is 13.6 Å². The van der Waals surface area contributed by atoms with Crippen molar-refractivity contribution in [3.63, 3.8) is 0 Å². The van der Waals surface area contributed by atoms with Crippen molar-refractivity contribution in [2.75, 3.05) is 7.05 Å². The van der Waals surface area contributed by atoms with E-state index in [1.807, 2.05) is 7.05 Å². The first-order valence-electron chi connectivity index (χ1n) is 5.41. The van der Waals surface area contributed by atoms with Crippen LogP contribution in [0.5, 0.6) is 0 Å². The van der Waals surface area contributed by atoms with Crippen molar-refractivity contribution in [1.82, 2.24) is 5.32 Å². The Labute approximate surface area is 142 Å². The highest BCUT2D eigenvalue weighted by Gasteiger charge is 2.20. The molecule has 2 rings (SSSR count). The molecule has 0 saturated carbocycles. The van der Waals surface area contributed by atoms with Crippen molar-refractivity contribution < 1.29 is 0 Å². The molecule has 0 saturated heterocycles. The fraction of sp³-hybridized carbons (Fsp3) is 0.231. The second kappa shape index (κ2) is 6.35. The van der Waals surface area contributed by atoms with Gasteiger partial charge in [0.1, 0.15) is 0 Å². The van der Waals surface area contributed by atoms with Crippen LogP contribution in [-0.4, -0.2) is 7.05 Å². The zero-order chi connectivity index (χ0) is 13.3. The summed E-state index contributed by atoms with van der Waals surface area (Å²) in [6, 6.07) is 8.85. The van der Waals surface area contributed by atoms with Crippen molar-refractivity contribution in [2.24, 2.45) is 0 Å². The highest BCUT2D eigenvalue weighted by atomic mass is 127. The molecule has 18 heavy (non-hydrogen) atoms. The second-order valence-electron chi connectivity index (χ2n) is 3.98. The van der Waals surface area contributed by atoms with Crippen molar-refractivity contribution >= 4 is 65.8 Å². The van der Waals surface area contributed by atoms with Crippen LogP contribution in [0.25, 0.3) is 0 Å². The molecule has 1 aromatic heterocycles. The Morgan fingerprint density at radius 2 is 2.00 bits per heavy atom. The third kappa shape index (κ3) is 3.00. The first-order valence-corrected chi connectivity index (χ1v) is 8.89. The Morgan fingerprint density at radius 1 is 1.28 bits per heavy atom. The predicted molar refractivity (Wildman–Crippen MR) is 94.5 cm³/mol. The maximum absolute atomic E-state index is 3.64. The van der Waals surface area contributed by atoms with Crippen LogP contribution in [0.4, 0.5) is 0 Å². The Kier molecular flexibility index (Phi) is 5.28. The molecule has 0 fully saturated rings. The summed E-state index contributed by atoms with van der Waals surface area (Å²) < 4.78 is 3.64. The minimum Gasteiger partial charge on any atom is -0.309 e. The van der Waals surface area contributed by atoms with E-state index in [0.29, 0.717) is 0 Å². The molecule has 1 atom stereocenters. The van der Waals surface area contributed by atoms with Crippen LogP contribution in [0.2, 0.25) is 0 Å². The minimum absolute atomic E-state index is 0.216. The van der Waals surface area contributed by atoms with E-state index in [4.69, 9.17) is 0 Å². The number of hydrogen-bond acceptors (Lipinski definition) is 2. The maximum Gasteiger partial charge on any atom is 0.0761 e. The molecule has 0 aliphatic heterocycles. The van der Waals surface area contributed by atoms with Crippen molar-refractivity contribution in [1.29, 1.82) is 0 Å². The first-order chi connectivity index (χ1) is 8.54. The lowest BCUT2D eigenvalue weighted by Crippen LogP contribution is -2.18. The Hall–Kier alpha value is 0.570. The quantitative estimate of drug-likeness (QED) is 0.549. The van der Waals surface area contributed by atoms with E-state index in [1.165, 1.54) is 24.0 Å². The summed E-state index contributed by atoms with van der Waals surface area (Å²) in [5, 5.41) is 3.41. The zero-order valence-electron chi connectivity index (χ0n) is 9.93. The molecule has 0 aliphatic rings. The number of benzene rings is 1. The molecule has 1 nitrogen and oxygen atoms in total. The predicted octanol–water partition coefficient (Wildman–Crippen LogP) is 5.49. The van der Waals surface area contributed by atoms with Gasteiger partial charge in [0.15, 0.2) is 0 Å². The third-order valence-electron chi connectivity index (χ3n) is 2.82. The van der Waals surface area contributed by atoms with E-state index < -0.39 is 0 Å². The molecule has 1 unspecified atom stereocenters. The molecule has 0 radical (unpaired) electrons. The van der Waals surface area contributed by atoms with Crippen LogP contribution in [0.15, 0.2) is 31.8 Å². The average Bonchev–Trinajstić information content (AvgIpc) is 2.65. The largest absolute Gasteiger partial charge is 0.309 e. The average molecular weight is 501 g/mol. The second-order valence-corrected chi connectivity index (χ2v) is 8.81. The molecule has 1 heterocycles. The van der Waals surface area contributed by atoms with E-state index in [9.17, 15) is 0 Å². The molecule has 96 valence electrons. The van der Waals surface area contributed by atoms with Gasteiger partial charge < -0.3 is 5.32 Å². The maximum atomic E-state index is 3.64. The highest BCUT2D eigenvalue weighted by molar-refractivity contribution is 14.1. The lowest BCUT2D eigenvalue weighted by molar-refractivity contribution is 0.688. The lowest BCUT2D eigenvalue weighted by Gasteiger charge is -2.19. The Bertz CT molecular complexity index is 568. The standard InChI is InChI=1S/C13H12Br2INS/c1-7-4-3-5-8(11(7)16)12(17-2)9-6-10(14)18-13(9)15/h3-6,12,17H,1-2H3. The van der Waals surface area contributed by atoms with E-state index in [-0.39, 0.29) is 6.04 Å². The SMILES string of the molecule is CNC(c1cc(Br)sc1Br)c1cccc(C)c1I. The van der Waals surface area contributed by atoms with Gasteiger partial charge in [-0.05, 0) is 91.2 Å². The molecular formula is C13H12Br2INS. The summed E-state index contributed by atoms with van der Waals surface area (Å²) in [6.07, 6.45) is 0. The number of nitrogens with one attached hydrogen (secondary N) is 1. The molecular weight excluding hydrogens is 489 g/mol. The normalized spacial score (nSPS) is 12.7. The summed E-state index contributed by atoms with van der Waals surface area (Å²) in [5.74, 6) is 0. The minimum atomic E-state index is 0.216. The van der Waals surface area contributed by atoms with Crippen LogP contribution in [-0.2, 0) is 0 Å². The van der Waals surface area contributed by atoms with E-state index in [2.05, 4.69) is 91.0 Å². The summed E-state index contributed by atoms with van der Waals surface area (Å²) >= 11 is 11.3. The van der Waals surface area contributed by atoms with Gasteiger partial charge in [0.2, 0.25) is 0 Å².